The molecule has 1 amide bonds. The van der Waals surface area contributed by atoms with Crippen LogP contribution in [0.5, 0.6) is 0 Å². The third-order valence-electron chi connectivity index (χ3n) is 3.88. The third kappa shape index (κ3) is 4.14. The molecule has 2 aromatic rings. The van der Waals surface area contributed by atoms with Gasteiger partial charge >= 0.3 is 0 Å². The zero-order chi connectivity index (χ0) is 18.7. The summed E-state index contributed by atoms with van der Waals surface area (Å²) in [6.07, 6.45) is 0. The number of sulfonamides is 1. The van der Waals surface area contributed by atoms with Gasteiger partial charge in [-0.3, -0.25) is 9.52 Å². The van der Waals surface area contributed by atoms with Crippen LogP contribution in [-0.2, 0) is 14.8 Å². The van der Waals surface area contributed by atoms with Gasteiger partial charge in [-0.25, -0.2) is 12.8 Å². The highest BCUT2D eigenvalue weighted by atomic mass is 35.5. The van der Waals surface area contributed by atoms with Crippen molar-refractivity contribution < 1.29 is 22.3 Å². The number of nitrogens with one attached hydrogen (secondary N) is 1. The maximum Gasteiger partial charge on any atom is 0.261 e. The molecule has 26 heavy (non-hydrogen) atoms. The van der Waals surface area contributed by atoms with Gasteiger partial charge in [0.05, 0.1) is 23.1 Å². The summed E-state index contributed by atoms with van der Waals surface area (Å²) in [6, 6.07) is 9.24. The summed E-state index contributed by atoms with van der Waals surface area (Å²) in [5, 5.41) is -0.278. The van der Waals surface area contributed by atoms with Crippen LogP contribution in [0.25, 0.3) is 0 Å². The summed E-state index contributed by atoms with van der Waals surface area (Å²) in [4.78, 5) is 13.9. The van der Waals surface area contributed by atoms with Gasteiger partial charge in [0.25, 0.3) is 15.9 Å². The van der Waals surface area contributed by atoms with Crippen LogP contribution in [0, 0.1) is 5.82 Å². The van der Waals surface area contributed by atoms with Gasteiger partial charge in [-0.1, -0.05) is 11.6 Å². The predicted octanol–water partition coefficient (Wildman–Crippen LogP) is 2.75. The van der Waals surface area contributed by atoms with Gasteiger partial charge in [0.15, 0.2) is 0 Å². The van der Waals surface area contributed by atoms with Crippen molar-refractivity contribution in [2.75, 3.05) is 31.0 Å². The average molecular weight is 399 g/mol. The minimum atomic E-state index is -3.92. The first-order valence-electron chi connectivity index (χ1n) is 7.82. The van der Waals surface area contributed by atoms with E-state index in [1.165, 1.54) is 12.1 Å². The fourth-order valence-electron chi connectivity index (χ4n) is 2.49. The summed E-state index contributed by atoms with van der Waals surface area (Å²) in [6.45, 7) is 2.06. The van der Waals surface area contributed by atoms with Crippen molar-refractivity contribution in [3.05, 3.63) is 58.9 Å². The van der Waals surface area contributed by atoms with E-state index in [2.05, 4.69) is 4.72 Å². The number of benzene rings is 2. The molecule has 1 fully saturated rings. The predicted molar refractivity (Wildman–Crippen MR) is 95.4 cm³/mol. The Balaban J connectivity index is 1.74. The number of anilines is 1. The van der Waals surface area contributed by atoms with Crippen molar-refractivity contribution in [1.82, 2.24) is 4.90 Å². The van der Waals surface area contributed by atoms with Crippen LogP contribution in [0.15, 0.2) is 47.4 Å². The number of halogens is 2. The molecule has 0 aromatic heterocycles. The second-order valence-electron chi connectivity index (χ2n) is 5.66. The van der Waals surface area contributed by atoms with Crippen molar-refractivity contribution in [3.8, 4) is 0 Å². The molecule has 0 aliphatic carbocycles. The lowest BCUT2D eigenvalue weighted by atomic mass is 10.2. The highest BCUT2D eigenvalue weighted by Crippen LogP contribution is 2.22. The molecule has 138 valence electrons. The van der Waals surface area contributed by atoms with Gasteiger partial charge in [-0.15, -0.1) is 0 Å². The average Bonchev–Trinajstić information content (AvgIpc) is 2.64. The first kappa shape index (κ1) is 18.6. The molecular formula is C17H16ClFN2O4S. The van der Waals surface area contributed by atoms with E-state index in [1.807, 2.05) is 0 Å². The number of ether oxygens (including phenoxy) is 1. The maximum absolute atomic E-state index is 13.2. The quantitative estimate of drug-likeness (QED) is 0.859. The molecule has 0 atom stereocenters. The first-order valence-corrected chi connectivity index (χ1v) is 9.68. The second-order valence-corrected chi connectivity index (χ2v) is 7.75. The van der Waals surface area contributed by atoms with Gasteiger partial charge in [-0.05, 0) is 42.5 Å². The maximum atomic E-state index is 13.2. The fraction of sp³-hybridized carbons (Fsp3) is 0.235. The van der Waals surface area contributed by atoms with Gasteiger partial charge in [0, 0.05) is 24.3 Å². The number of morpholine rings is 1. The Morgan fingerprint density at radius 3 is 2.38 bits per heavy atom. The topological polar surface area (TPSA) is 75.7 Å². The molecule has 0 unspecified atom stereocenters. The molecule has 1 aliphatic rings. The molecule has 6 nitrogen and oxygen atoms in total. The molecule has 1 saturated heterocycles. The highest BCUT2D eigenvalue weighted by molar-refractivity contribution is 7.92. The Kier molecular flexibility index (Phi) is 5.45. The lowest BCUT2D eigenvalue weighted by Gasteiger charge is -2.26. The van der Waals surface area contributed by atoms with Crippen molar-refractivity contribution in [3.63, 3.8) is 0 Å². The van der Waals surface area contributed by atoms with Crippen LogP contribution >= 0.6 is 11.6 Å². The van der Waals surface area contributed by atoms with Gasteiger partial charge in [0.2, 0.25) is 0 Å². The number of nitrogens with zero attached hydrogens (tertiary/aromatic N) is 1. The van der Waals surface area contributed by atoms with Crippen LogP contribution in [0.2, 0.25) is 5.02 Å². The molecule has 0 bridgehead atoms. The lowest BCUT2D eigenvalue weighted by Crippen LogP contribution is -2.40. The number of amides is 1. The van der Waals surface area contributed by atoms with Crippen molar-refractivity contribution in [2.45, 2.75) is 4.90 Å². The van der Waals surface area contributed by atoms with Crippen LogP contribution in [0.1, 0.15) is 10.4 Å². The Morgan fingerprint density at radius 2 is 1.77 bits per heavy atom. The summed E-state index contributed by atoms with van der Waals surface area (Å²) < 4.78 is 45.5. The normalized spacial score (nSPS) is 14.9. The van der Waals surface area contributed by atoms with Gasteiger partial charge in [-0.2, -0.15) is 0 Å². The van der Waals surface area contributed by atoms with Crippen LogP contribution in [-0.4, -0.2) is 45.5 Å². The van der Waals surface area contributed by atoms with E-state index >= 15 is 0 Å². The van der Waals surface area contributed by atoms with E-state index in [0.717, 1.165) is 18.2 Å². The van der Waals surface area contributed by atoms with E-state index < -0.39 is 15.8 Å². The molecule has 0 radical (unpaired) electrons. The minimum absolute atomic E-state index is 0.131. The van der Waals surface area contributed by atoms with Crippen molar-refractivity contribution in [2.24, 2.45) is 0 Å². The molecule has 1 heterocycles. The number of carbonyl (C=O) groups excluding carboxylic acids is 1. The van der Waals surface area contributed by atoms with Crippen LogP contribution < -0.4 is 4.72 Å². The van der Waals surface area contributed by atoms with E-state index in [4.69, 9.17) is 16.3 Å². The smallest absolute Gasteiger partial charge is 0.261 e. The molecule has 2 aromatic carbocycles. The molecular weight excluding hydrogens is 383 g/mol. The van der Waals surface area contributed by atoms with Crippen molar-refractivity contribution >= 4 is 33.2 Å². The number of hydrogen-bond acceptors (Lipinski definition) is 4. The number of carbonyl (C=O) groups is 1. The molecule has 9 heteroatoms. The lowest BCUT2D eigenvalue weighted by molar-refractivity contribution is 0.0303. The molecule has 3 rings (SSSR count). The zero-order valence-corrected chi connectivity index (χ0v) is 15.2. The van der Waals surface area contributed by atoms with Gasteiger partial charge in [0.1, 0.15) is 5.82 Å². The summed E-state index contributed by atoms with van der Waals surface area (Å²) in [5.74, 6) is -0.829. The molecule has 1 aliphatic heterocycles. The van der Waals surface area contributed by atoms with E-state index in [0.29, 0.717) is 31.9 Å². The molecule has 1 N–H and O–H groups in total. The third-order valence-corrected chi connectivity index (χ3v) is 5.55. The van der Waals surface area contributed by atoms with E-state index in [9.17, 15) is 17.6 Å². The standard InChI is InChI=1S/C17H16ClFN2O4S/c18-15-11-14(5-6-16(15)19)26(23,24)20-13-3-1-12(2-4-13)17(22)21-7-9-25-10-8-21/h1-6,11,20H,7-10H2. The SMILES string of the molecule is O=C(c1ccc(NS(=O)(=O)c2ccc(F)c(Cl)c2)cc1)N1CCOCC1. The van der Waals surface area contributed by atoms with Gasteiger partial charge < -0.3 is 9.64 Å². The van der Waals surface area contributed by atoms with Crippen LogP contribution in [0.4, 0.5) is 10.1 Å². The van der Waals surface area contributed by atoms with E-state index in [-0.39, 0.29) is 21.5 Å². The molecule has 0 saturated carbocycles. The van der Waals surface area contributed by atoms with E-state index in [1.54, 1.807) is 17.0 Å². The summed E-state index contributed by atoms with van der Waals surface area (Å²) >= 11 is 5.63. The Morgan fingerprint density at radius 1 is 1.12 bits per heavy atom. The Labute approximate surface area is 155 Å². The van der Waals surface area contributed by atoms with Crippen molar-refractivity contribution in [1.29, 1.82) is 0 Å². The summed E-state index contributed by atoms with van der Waals surface area (Å²) in [7, 11) is -3.92. The number of rotatable bonds is 4. The summed E-state index contributed by atoms with van der Waals surface area (Å²) in [5.41, 5.74) is 0.739. The number of hydrogen-bond donors (Lipinski definition) is 1. The second kappa shape index (κ2) is 7.61. The zero-order valence-electron chi connectivity index (χ0n) is 13.6. The largest absolute Gasteiger partial charge is 0.378 e. The fourth-order valence-corrected chi connectivity index (χ4v) is 3.82. The highest BCUT2D eigenvalue weighted by Gasteiger charge is 2.19. The van der Waals surface area contributed by atoms with Crippen LogP contribution in [0.3, 0.4) is 0 Å². The Bertz CT molecular complexity index is 913. The Hall–Kier alpha value is -2.16. The first-order chi connectivity index (χ1) is 12.4. The molecule has 0 spiro atoms. The minimum Gasteiger partial charge on any atom is -0.378 e. The monoisotopic (exact) mass is 398 g/mol.